The summed E-state index contributed by atoms with van der Waals surface area (Å²) in [5, 5.41) is 13.9. The number of unbranched alkanes of at least 4 members (excludes halogenated alkanes) is 27. The number of carbonyl (C=O) groups is 1. The number of amides is 1. The normalized spacial score (nSPS) is 14.4. The molecule has 0 aromatic rings. The van der Waals surface area contributed by atoms with Crippen LogP contribution in [0.3, 0.4) is 0 Å². The number of nitrogens with one attached hydrogen (secondary N) is 1. The van der Waals surface area contributed by atoms with Crippen LogP contribution in [0.15, 0.2) is 12.2 Å². The Kier molecular flexibility index (Phi) is 37.3. The maximum absolute atomic E-state index is 12.9. The van der Waals surface area contributed by atoms with Crippen LogP contribution in [0.2, 0.25) is 0 Å². The first-order chi connectivity index (χ1) is 26.0. The van der Waals surface area contributed by atoms with E-state index >= 15 is 0 Å². The van der Waals surface area contributed by atoms with Gasteiger partial charge in [-0.25, -0.2) is 4.57 Å². The number of nitrogens with zero attached hydrogens (tertiary/aromatic N) is 1. The third-order valence-corrected chi connectivity index (χ3v) is 11.5. The van der Waals surface area contributed by atoms with E-state index in [1.54, 1.807) is 0 Å². The lowest BCUT2D eigenvalue weighted by molar-refractivity contribution is -0.870. The average Bonchev–Trinajstić information content (AvgIpc) is 3.12. The van der Waals surface area contributed by atoms with Crippen molar-refractivity contribution in [3.63, 3.8) is 0 Å². The largest absolute Gasteiger partial charge is 0.472 e. The number of likely N-dealkylation sites (N-methyl/N-ethyl adjacent to an activating group) is 1. The maximum atomic E-state index is 12.9. The van der Waals surface area contributed by atoms with E-state index in [1.165, 1.54) is 148 Å². The molecule has 0 rings (SSSR count). The first kappa shape index (κ1) is 53.2. The Morgan fingerprint density at radius 3 is 1.43 bits per heavy atom. The van der Waals surface area contributed by atoms with Crippen molar-refractivity contribution in [2.24, 2.45) is 0 Å². The second-order valence-corrected chi connectivity index (χ2v) is 18.6. The van der Waals surface area contributed by atoms with E-state index < -0.39 is 20.0 Å². The zero-order valence-electron chi connectivity index (χ0n) is 36.5. The molecule has 322 valence electrons. The van der Waals surface area contributed by atoms with Gasteiger partial charge in [0.15, 0.2) is 0 Å². The van der Waals surface area contributed by atoms with Crippen LogP contribution in [-0.4, -0.2) is 73.4 Å². The highest BCUT2D eigenvalue weighted by Crippen LogP contribution is 2.43. The van der Waals surface area contributed by atoms with E-state index in [0.717, 1.165) is 44.9 Å². The van der Waals surface area contributed by atoms with Crippen molar-refractivity contribution in [3.8, 4) is 0 Å². The van der Waals surface area contributed by atoms with Crippen molar-refractivity contribution in [3.05, 3.63) is 12.2 Å². The molecule has 54 heavy (non-hydrogen) atoms. The van der Waals surface area contributed by atoms with Crippen LogP contribution in [0, 0.1) is 0 Å². The van der Waals surface area contributed by atoms with Gasteiger partial charge in [-0.2, -0.15) is 0 Å². The molecular weight excluding hydrogens is 695 g/mol. The van der Waals surface area contributed by atoms with Gasteiger partial charge in [-0.1, -0.05) is 187 Å². The van der Waals surface area contributed by atoms with Crippen molar-refractivity contribution >= 4 is 13.7 Å². The SMILES string of the molecule is CCCCCCCCC/C=C/CCCC[C@@H](O)[C@H](COP(=O)(O)OCC[N+](C)(C)C)NC(=O)CCCCCCCCCCCCCCCCCCCCC. The predicted molar refractivity (Wildman–Crippen MR) is 231 cm³/mol. The Bertz CT molecular complexity index is 896. The Labute approximate surface area is 335 Å². The number of phosphoric ester groups is 1. The van der Waals surface area contributed by atoms with Gasteiger partial charge in [-0.05, 0) is 38.5 Å². The minimum absolute atomic E-state index is 0.0722. The zero-order valence-corrected chi connectivity index (χ0v) is 37.4. The molecule has 0 saturated heterocycles. The van der Waals surface area contributed by atoms with Crippen LogP contribution in [0.5, 0.6) is 0 Å². The number of rotatable bonds is 42. The van der Waals surface area contributed by atoms with Crippen molar-refractivity contribution in [2.45, 2.75) is 231 Å². The highest BCUT2D eigenvalue weighted by molar-refractivity contribution is 7.47. The summed E-state index contributed by atoms with van der Waals surface area (Å²) >= 11 is 0. The van der Waals surface area contributed by atoms with E-state index in [0.29, 0.717) is 23.9 Å². The number of hydrogen-bond acceptors (Lipinski definition) is 5. The third-order valence-electron chi connectivity index (χ3n) is 10.5. The smallest absolute Gasteiger partial charge is 0.391 e. The van der Waals surface area contributed by atoms with Gasteiger partial charge >= 0.3 is 7.82 Å². The Morgan fingerprint density at radius 2 is 1.00 bits per heavy atom. The molecule has 0 aliphatic rings. The fourth-order valence-electron chi connectivity index (χ4n) is 6.81. The van der Waals surface area contributed by atoms with Gasteiger partial charge < -0.3 is 19.8 Å². The summed E-state index contributed by atoms with van der Waals surface area (Å²) in [6.45, 7) is 4.87. The van der Waals surface area contributed by atoms with Crippen molar-refractivity contribution in [1.82, 2.24) is 5.32 Å². The average molecular weight is 788 g/mol. The highest BCUT2D eigenvalue weighted by Gasteiger charge is 2.28. The summed E-state index contributed by atoms with van der Waals surface area (Å²) in [5.74, 6) is -0.151. The summed E-state index contributed by atoms with van der Waals surface area (Å²) in [6.07, 6.45) is 42.4. The van der Waals surface area contributed by atoms with Crippen LogP contribution >= 0.6 is 7.82 Å². The van der Waals surface area contributed by atoms with E-state index in [-0.39, 0.29) is 19.1 Å². The first-order valence-electron chi connectivity index (χ1n) is 23.1. The number of allylic oxidation sites excluding steroid dienone is 2. The topological polar surface area (TPSA) is 105 Å². The van der Waals surface area contributed by atoms with Crippen molar-refractivity contribution in [1.29, 1.82) is 0 Å². The number of quaternary nitrogens is 1. The number of aliphatic hydroxyl groups excluding tert-OH is 1. The van der Waals surface area contributed by atoms with Crippen molar-refractivity contribution < 1.29 is 32.9 Å². The minimum Gasteiger partial charge on any atom is -0.391 e. The summed E-state index contributed by atoms with van der Waals surface area (Å²) < 4.78 is 23.6. The number of hydrogen-bond donors (Lipinski definition) is 3. The molecule has 0 radical (unpaired) electrons. The zero-order chi connectivity index (χ0) is 40.0. The molecule has 0 fully saturated rings. The summed E-state index contributed by atoms with van der Waals surface area (Å²) in [6, 6.07) is -0.770. The van der Waals surface area contributed by atoms with Crippen LogP contribution in [0.4, 0.5) is 0 Å². The predicted octanol–water partition coefficient (Wildman–Crippen LogP) is 12.8. The summed E-state index contributed by atoms with van der Waals surface area (Å²) in [5.41, 5.74) is 0. The maximum Gasteiger partial charge on any atom is 0.472 e. The molecule has 1 amide bonds. The quantitative estimate of drug-likeness (QED) is 0.0246. The van der Waals surface area contributed by atoms with Crippen LogP contribution in [-0.2, 0) is 18.4 Å². The molecule has 3 N–H and O–H groups in total. The van der Waals surface area contributed by atoms with Gasteiger partial charge in [0.2, 0.25) is 5.91 Å². The molecule has 0 aromatic carbocycles. The molecule has 0 aromatic heterocycles. The van der Waals surface area contributed by atoms with Crippen LogP contribution < -0.4 is 5.32 Å². The first-order valence-corrected chi connectivity index (χ1v) is 24.5. The van der Waals surface area contributed by atoms with Gasteiger partial charge in [0, 0.05) is 6.42 Å². The molecule has 0 spiro atoms. The number of aliphatic hydroxyl groups is 1. The lowest BCUT2D eigenvalue weighted by Crippen LogP contribution is -2.46. The molecule has 0 aliphatic carbocycles. The molecule has 0 aliphatic heterocycles. The Balaban J connectivity index is 4.30. The monoisotopic (exact) mass is 788 g/mol. The van der Waals surface area contributed by atoms with Gasteiger partial charge in [0.1, 0.15) is 13.2 Å². The fraction of sp³-hybridized carbons (Fsp3) is 0.933. The van der Waals surface area contributed by atoms with Crippen molar-refractivity contribution in [2.75, 3.05) is 40.9 Å². The number of phosphoric acid groups is 1. The molecule has 8 nitrogen and oxygen atoms in total. The van der Waals surface area contributed by atoms with Gasteiger partial charge in [0.05, 0.1) is 39.9 Å². The van der Waals surface area contributed by atoms with Crippen LogP contribution in [0.25, 0.3) is 0 Å². The molecule has 3 atom stereocenters. The lowest BCUT2D eigenvalue weighted by atomic mass is 10.0. The van der Waals surface area contributed by atoms with Gasteiger partial charge in [-0.3, -0.25) is 13.8 Å². The summed E-state index contributed by atoms with van der Waals surface area (Å²) in [4.78, 5) is 23.1. The van der Waals surface area contributed by atoms with E-state index in [1.807, 2.05) is 21.1 Å². The third kappa shape index (κ3) is 39.5. The Hall–Kier alpha value is -0.760. The fourth-order valence-corrected chi connectivity index (χ4v) is 7.54. The second kappa shape index (κ2) is 37.8. The minimum atomic E-state index is -4.31. The Morgan fingerprint density at radius 1 is 0.611 bits per heavy atom. The van der Waals surface area contributed by atoms with Gasteiger partial charge in [0.25, 0.3) is 0 Å². The van der Waals surface area contributed by atoms with E-state index in [4.69, 9.17) is 9.05 Å². The molecular formula is C45H92N2O6P+. The number of carbonyl (C=O) groups excluding carboxylic acids is 1. The van der Waals surface area contributed by atoms with E-state index in [2.05, 4.69) is 31.3 Å². The summed E-state index contributed by atoms with van der Waals surface area (Å²) in [7, 11) is 1.61. The lowest BCUT2D eigenvalue weighted by Gasteiger charge is -2.26. The van der Waals surface area contributed by atoms with Gasteiger partial charge in [-0.15, -0.1) is 0 Å². The van der Waals surface area contributed by atoms with Crippen LogP contribution in [0.1, 0.15) is 219 Å². The molecule has 1 unspecified atom stereocenters. The molecule has 0 saturated carbocycles. The highest BCUT2D eigenvalue weighted by atomic mass is 31.2. The molecule has 0 bridgehead atoms. The standard InChI is InChI=1S/C45H91N2O6P/c1-6-8-10-12-14-16-18-20-21-22-23-24-25-27-29-31-33-35-37-39-45(49)46-43(42-53-54(50,51)52-41-40-47(3,4)5)44(48)38-36-34-32-30-28-26-19-17-15-13-11-9-7-2/h28,30,43-44,48H,6-27,29,31-42H2,1-5H3,(H-,46,49,50,51)/p+1/b30-28+/t43-,44+/m0/s1. The molecule has 0 heterocycles. The second-order valence-electron chi connectivity index (χ2n) is 17.1. The van der Waals surface area contributed by atoms with E-state index in [9.17, 15) is 19.4 Å². The molecule has 9 heteroatoms.